The molecule has 4 fully saturated rings. The molecule has 2 aliphatic heterocycles. The molecule has 0 aromatic heterocycles. The lowest BCUT2D eigenvalue weighted by atomic mass is 9.63. The van der Waals surface area contributed by atoms with Crippen molar-refractivity contribution >= 4 is 27.7 Å². The van der Waals surface area contributed by atoms with Gasteiger partial charge < -0.3 is 9.80 Å². The molecular weight excluding hydrogens is 514 g/mol. The molecule has 3 atom stereocenters. The highest BCUT2D eigenvalue weighted by atomic mass is 79.9. The first-order chi connectivity index (χ1) is 16.9. The van der Waals surface area contributed by atoms with Crippen molar-refractivity contribution in [3.63, 3.8) is 0 Å². The highest BCUT2D eigenvalue weighted by Crippen LogP contribution is 2.53. The lowest BCUT2D eigenvalue weighted by Crippen LogP contribution is -2.57. The molecule has 184 valence electrons. The first kappa shape index (κ1) is 23.1. The maximum Gasteiger partial charge on any atom is 0.245 e. The van der Waals surface area contributed by atoms with Crippen LogP contribution in [0, 0.1) is 17.6 Å². The first-order valence-electron chi connectivity index (χ1n) is 12.7. The Balaban J connectivity index is 1.17. The Hall–Kier alpha value is -2.28. The summed E-state index contributed by atoms with van der Waals surface area (Å²) < 4.78 is 28.0. The minimum atomic E-state index is -0.835. The number of nitrogens with zero attached hydrogens (tertiary/aromatic N) is 2. The molecule has 35 heavy (non-hydrogen) atoms. The molecular formula is C28H29BrF2N2O2. The molecule has 0 radical (unpaired) electrons. The van der Waals surface area contributed by atoms with Crippen molar-refractivity contribution in [3.8, 4) is 0 Å². The van der Waals surface area contributed by atoms with Crippen LogP contribution in [-0.4, -0.2) is 46.8 Å². The van der Waals surface area contributed by atoms with E-state index in [0.717, 1.165) is 47.7 Å². The molecule has 0 spiro atoms. The number of carbonyl (C=O) groups is 2. The molecule has 2 aromatic carbocycles. The maximum atomic E-state index is 14.0. The predicted octanol–water partition coefficient (Wildman–Crippen LogP) is 5.54. The van der Waals surface area contributed by atoms with E-state index in [4.69, 9.17) is 0 Å². The summed E-state index contributed by atoms with van der Waals surface area (Å²) in [5.74, 6) is -0.922. The van der Waals surface area contributed by atoms with Gasteiger partial charge in [-0.05, 0) is 85.8 Å². The molecule has 2 aromatic rings. The Kier molecular flexibility index (Phi) is 5.74. The van der Waals surface area contributed by atoms with Crippen LogP contribution in [0.3, 0.4) is 0 Å². The number of carbonyl (C=O) groups excluding carboxylic acids is 2. The van der Waals surface area contributed by atoms with Gasteiger partial charge in [-0.3, -0.25) is 9.59 Å². The summed E-state index contributed by atoms with van der Waals surface area (Å²) in [5, 5.41) is 0. The van der Waals surface area contributed by atoms with Crippen LogP contribution in [0.25, 0.3) is 0 Å². The van der Waals surface area contributed by atoms with Crippen molar-refractivity contribution in [3.05, 3.63) is 69.7 Å². The van der Waals surface area contributed by atoms with Crippen LogP contribution in [0.1, 0.15) is 62.0 Å². The smallest absolute Gasteiger partial charge is 0.245 e. The number of likely N-dealkylation sites (tertiary alicyclic amines) is 2. The second-order valence-corrected chi connectivity index (χ2v) is 11.7. The van der Waals surface area contributed by atoms with Gasteiger partial charge in [0.15, 0.2) is 11.6 Å². The summed E-state index contributed by atoms with van der Waals surface area (Å²) in [7, 11) is 0. The van der Waals surface area contributed by atoms with Crippen molar-refractivity contribution < 1.29 is 18.4 Å². The van der Waals surface area contributed by atoms with Gasteiger partial charge in [-0.1, -0.05) is 40.5 Å². The van der Waals surface area contributed by atoms with E-state index in [1.54, 1.807) is 6.07 Å². The van der Waals surface area contributed by atoms with Crippen molar-refractivity contribution in [2.45, 2.75) is 68.4 Å². The molecule has 0 N–H and O–H groups in total. The minimum absolute atomic E-state index is 0.0552. The summed E-state index contributed by atoms with van der Waals surface area (Å²) in [6.45, 7) is 1.16. The molecule has 6 rings (SSSR count). The average molecular weight is 543 g/mol. The number of rotatable bonds is 4. The van der Waals surface area contributed by atoms with Gasteiger partial charge in [0, 0.05) is 23.6 Å². The predicted molar refractivity (Wildman–Crippen MR) is 132 cm³/mol. The van der Waals surface area contributed by atoms with E-state index in [1.165, 1.54) is 12.1 Å². The number of hydrogen-bond acceptors (Lipinski definition) is 2. The Morgan fingerprint density at radius 1 is 0.943 bits per heavy atom. The monoisotopic (exact) mass is 542 g/mol. The fraction of sp³-hybridized carbons (Fsp3) is 0.500. The molecule has 2 amide bonds. The van der Waals surface area contributed by atoms with Gasteiger partial charge in [-0.2, -0.15) is 0 Å². The van der Waals surface area contributed by atoms with Gasteiger partial charge >= 0.3 is 0 Å². The largest absolute Gasteiger partial charge is 0.341 e. The lowest BCUT2D eigenvalue weighted by molar-refractivity contribution is -0.151. The molecule has 2 saturated carbocycles. The van der Waals surface area contributed by atoms with E-state index in [0.29, 0.717) is 31.8 Å². The van der Waals surface area contributed by atoms with Crippen LogP contribution in [0.15, 0.2) is 46.9 Å². The molecule has 4 aliphatic rings. The first-order valence-corrected chi connectivity index (χ1v) is 13.5. The Labute approximate surface area is 212 Å². The zero-order valence-corrected chi connectivity index (χ0v) is 21.1. The number of amides is 2. The van der Waals surface area contributed by atoms with Gasteiger partial charge in [0.25, 0.3) is 0 Å². The van der Waals surface area contributed by atoms with Crippen LogP contribution in [0.5, 0.6) is 0 Å². The van der Waals surface area contributed by atoms with Crippen LogP contribution < -0.4 is 0 Å². The molecule has 2 heterocycles. The van der Waals surface area contributed by atoms with Gasteiger partial charge in [0.1, 0.15) is 6.04 Å². The van der Waals surface area contributed by atoms with Crippen LogP contribution in [0.2, 0.25) is 0 Å². The molecule has 2 saturated heterocycles. The number of benzene rings is 2. The van der Waals surface area contributed by atoms with E-state index >= 15 is 0 Å². The highest BCUT2D eigenvalue weighted by molar-refractivity contribution is 9.10. The van der Waals surface area contributed by atoms with Crippen molar-refractivity contribution in [2.24, 2.45) is 5.92 Å². The second-order valence-electron chi connectivity index (χ2n) is 10.7. The lowest BCUT2D eigenvalue weighted by Gasteiger charge is -2.45. The van der Waals surface area contributed by atoms with Crippen LogP contribution in [-0.2, 0) is 15.0 Å². The summed E-state index contributed by atoms with van der Waals surface area (Å²) in [6, 6.07) is 12.0. The molecule has 2 aliphatic carbocycles. The summed E-state index contributed by atoms with van der Waals surface area (Å²) in [4.78, 5) is 31.5. The average Bonchev–Trinajstić information content (AvgIpc) is 3.50. The summed E-state index contributed by atoms with van der Waals surface area (Å²) in [5.41, 5.74) is 1.34. The fourth-order valence-electron chi connectivity index (χ4n) is 6.55. The molecule has 0 unspecified atom stereocenters. The third-order valence-electron chi connectivity index (χ3n) is 8.86. The third-order valence-corrected chi connectivity index (χ3v) is 9.39. The van der Waals surface area contributed by atoms with Crippen LogP contribution in [0.4, 0.5) is 8.78 Å². The number of piperidine rings is 2. The zero-order valence-electron chi connectivity index (χ0n) is 19.6. The Morgan fingerprint density at radius 3 is 2.29 bits per heavy atom. The van der Waals surface area contributed by atoms with E-state index in [2.05, 4.69) is 15.9 Å². The number of hydrogen-bond donors (Lipinski definition) is 0. The highest BCUT2D eigenvalue weighted by Gasteiger charge is 2.61. The Bertz CT molecular complexity index is 1160. The van der Waals surface area contributed by atoms with E-state index < -0.39 is 17.0 Å². The fourth-order valence-corrected chi connectivity index (χ4v) is 6.82. The topological polar surface area (TPSA) is 40.6 Å². The van der Waals surface area contributed by atoms with Gasteiger partial charge in [0.05, 0.1) is 5.41 Å². The van der Waals surface area contributed by atoms with Crippen molar-refractivity contribution in [2.75, 3.05) is 13.1 Å². The third kappa shape index (κ3) is 3.90. The normalized spacial score (nSPS) is 27.3. The molecule has 0 bridgehead atoms. The van der Waals surface area contributed by atoms with E-state index in [-0.39, 0.29) is 29.8 Å². The van der Waals surface area contributed by atoms with Crippen molar-refractivity contribution in [1.29, 1.82) is 0 Å². The minimum Gasteiger partial charge on any atom is -0.341 e. The van der Waals surface area contributed by atoms with Gasteiger partial charge in [-0.25, -0.2) is 8.78 Å². The zero-order chi connectivity index (χ0) is 24.3. The number of halogens is 3. The van der Waals surface area contributed by atoms with Crippen LogP contribution >= 0.6 is 15.9 Å². The second kappa shape index (κ2) is 8.68. The SMILES string of the molecule is O=C([C@H]1C[C@@H]2C[C@@H]2N1C(=O)C1(c2ccc(Br)cc2)CCC1)N1CCC(c2ccc(F)c(F)c2)CC1. The van der Waals surface area contributed by atoms with E-state index in [9.17, 15) is 18.4 Å². The van der Waals surface area contributed by atoms with Gasteiger partial charge in [-0.15, -0.1) is 0 Å². The maximum absolute atomic E-state index is 14.0. The number of fused-ring (bicyclic) bond motifs is 1. The molecule has 4 nitrogen and oxygen atoms in total. The Morgan fingerprint density at radius 2 is 1.66 bits per heavy atom. The van der Waals surface area contributed by atoms with Crippen molar-refractivity contribution in [1.82, 2.24) is 9.80 Å². The van der Waals surface area contributed by atoms with Gasteiger partial charge in [0.2, 0.25) is 11.8 Å². The van der Waals surface area contributed by atoms with E-state index in [1.807, 2.05) is 34.1 Å². The summed E-state index contributed by atoms with van der Waals surface area (Å²) in [6.07, 6.45) is 5.89. The standard InChI is InChI=1S/C28H29BrF2N2O2/c29-21-5-3-20(4-6-21)28(10-1-11-28)27(35)33-24-15-19(24)16-25(33)26(34)32-12-8-17(9-13-32)18-2-7-22(30)23(31)14-18/h2-7,14,17,19,24-25H,1,8-13,15-16H2/t19-,24-,25+/m0/s1. The summed E-state index contributed by atoms with van der Waals surface area (Å²) >= 11 is 3.49. The quantitative estimate of drug-likeness (QED) is 0.508. The molecule has 7 heteroatoms.